The summed E-state index contributed by atoms with van der Waals surface area (Å²) in [5.74, 6) is 0. The minimum Gasteiger partial charge on any atom is -0.395 e. The molecule has 0 amide bonds. The highest BCUT2D eigenvalue weighted by Crippen LogP contribution is 1.92. The third-order valence-corrected chi connectivity index (χ3v) is 1.34. The molecule has 68 valence electrons. The van der Waals surface area contributed by atoms with Crippen LogP contribution < -0.4 is 11.1 Å². The maximum atomic E-state index is 8.92. The first-order chi connectivity index (χ1) is 5.16. The Hall–Kier alpha value is -0.160. The Morgan fingerprint density at radius 3 is 2.64 bits per heavy atom. The van der Waals surface area contributed by atoms with Gasteiger partial charge in [0.25, 0.3) is 0 Å². The van der Waals surface area contributed by atoms with Crippen LogP contribution in [0.25, 0.3) is 0 Å². The Morgan fingerprint density at radius 1 is 1.55 bits per heavy atom. The van der Waals surface area contributed by atoms with Crippen LogP contribution in [0.4, 0.5) is 0 Å². The van der Waals surface area contributed by atoms with E-state index >= 15 is 0 Å². The van der Waals surface area contributed by atoms with Crippen LogP contribution in [0.1, 0.15) is 13.3 Å². The fraction of sp³-hybridized carbons (Fsp3) is 1.00. The molecule has 0 aliphatic carbocycles. The van der Waals surface area contributed by atoms with E-state index in [-0.39, 0.29) is 18.8 Å². The van der Waals surface area contributed by atoms with E-state index < -0.39 is 0 Å². The van der Waals surface area contributed by atoms with Crippen molar-refractivity contribution in [2.24, 2.45) is 5.73 Å². The van der Waals surface area contributed by atoms with Crippen molar-refractivity contribution in [3.63, 3.8) is 0 Å². The van der Waals surface area contributed by atoms with Gasteiger partial charge in [0.1, 0.15) is 0 Å². The Bertz CT molecular complexity index is 88.5. The van der Waals surface area contributed by atoms with E-state index in [9.17, 15) is 0 Å². The summed E-state index contributed by atoms with van der Waals surface area (Å²) in [5, 5.41) is 20.3. The first kappa shape index (κ1) is 10.8. The second kappa shape index (κ2) is 6.54. The van der Waals surface area contributed by atoms with Crippen molar-refractivity contribution in [1.82, 2.24) is 5.32 Å². The lowest BCUT2D eigenvalue weighted by Crippen LogP contribution is -2.37. The molecule has 4 nitrogen and oxygen atoms in total. The van der Waals surface area contributed by atoms with Gasteiger partial charge in [-0.2, -0.15) is 0 Å². The molecule has 0 rings (SSSR count). The number of aliphatic hydroxyl groups is 2. The van der Waals surface area contributed by atoms with Gasteiger partial charge in [0.15, 0.2) is 0 Å². The minimum atomic E-state index is -0.346. The molecule has 0 radical (unpaired) electrons. The lowest BCUT2D eigenvalue weighted by Gasteiger charge is -2.13. The molecule has 0 spiro atoms. The molecule has 0 aliphatic heterocycles. The Morgan fingerprint density at radius 2 is 2.18 bits per heavy atom. The third-order valence-electron chi connectivity index (χ3n) is 1.34. The van der Waals surface area contributed by atoms with Crippen LogP contribution in [0.3, 0.4) is 0 Å². The van der Waals surface area contributed by atoms with E-state index in [1.165, 1.54) is 0 Å². The monoisotopic (exact) mass is 162 g/mol. The number of hydrogen-bond donors (Lipinski definition) is 4. The fourth-order valence-electron chi connectivity index (χ4n) is 0.888. The number of nitrogens with two attached hydrogens (primary N) is 1. The largest absolute Gasteiger partial charge is 0.395 e. The van der Waals surface area contributed by atoms with Crippen molar-refractivity contribution >= 4 is 0 Å². The predicted octanol–water partition coefficient (Wildman–Crippen LogP) is -1.33. The summed E-state index contributed by atoms with van der Waals surface area (Å²) < 4.78 is 0. The summed E-state index contributed by atoms with van der Waals surface area (Å²) in [6.45, 7) is 3.05. The quantitative estimate of drug-likeness (QED) is 0.365. The van der Waals surface area contributed by atoms with Crippen molar-refractivity contribution in [2.75, 3.05) is 19.7 Å². The van der Waals surface area contributed by atoms with E-state index in [2.05, 4.69) is 5.32 Å². The van der Waals surface area contributed by atoms with Gasteiger partial charge in [0, 0.05) is 19.1 Å². The smallest absolute Gasteiger partial charge is 0.0555 e. The molecule has 0 saturated heterocycles. The molecule has 5 N–H and O–H groups in total. The van der Waals surface area contributed by atoms with E-state index in [4.69, 9.17) is 15.9 Å². The van der Waals surface area contributed by atoms with E-state index in [0.29, 0.717) is 19.5 Å². The maximum Gasteiger partial charge on any atom is 0.0555 e. The van der Waals surface area contributed by atoms with Crippen molar-refractivity contribution in [3.05, 3.63) is 0 Å². The zero-order valence-corrected chi connectivity index (χ0v) is 6.95. The SMILES string of the molecule is CC(O)CC(N)CNCCO. The van der Waals surface area contributed by atoms with Crippen molar-refractivity contribution in [2.45, 2.75) is 25.5 Å². The fourth-order valence-corrected chi connectivity index (χ4v) is 0.888. The van der Waals surface area contributed by atoms with Crippen LogP contribution in [-0.2, 0) is 0 Å². The molecule has 0 aromatic carbocycles. The average molecular weight is 162 g/mol. The van der Waals surface area contributed by atoms with Crippen LogP contribution >= 0.6 is 0 Å². The standard InChI is InChI=1S/C7H18N2O2/c1-6(11)4-7(8)5-9-2-3-10/h6-7,9-11H,2-5,8H2,1H3. The average Bonchev–Trinajstić information content (AvgIpc) is 1.86. The normalized spacial score (nSPS) is 16.4. The van der Waals surface area contributed by atoms with E-state index in [1.54, 1.807) is 6.92 Å². The molecule has 2 unspecified atom stereocenters. The number of aliphatic hydroxyl groups excluding tert-OH is 2. The summed E-state index contributed by atoms with van der Waals surface area (Å²) in [6.07, 6.45) is 0.249. The van der Waals surface area contributed by atoms with Gasteiger partial charge in [-0.1, -0.05) is 0 Å². The van der Waals surface area contributed by atoms with Gasteiger partial charge < -0.3 is 21.3 Å². The zero-order valence-electron chi connectivity index (χ0n) is 6.95. The first-order valence-corrected chi connectivity index (χ1v) is 3.92. The highest BCUT2D eigenvalue weighted by atomic mass is 16.3. The van der Waals surface area contributed by atoms with Crippen molar-refractivity contribution < 1.29 is 10.2 Å². The molecule has 0 aromatic heterocycles. The molecule has 11 heavy (non-hydrogen) atoms. The van der Waals surface area contributed by atoms with E-state index in [1.807, 2.05) is 0 Å². The van der Waals surface area contributed by atoms with Crippen LogP contribution in [-0.4, -0.2) is 42.1 Å². The van der Waals surface area contributed by atoms with Crippen molar-refractivity contribution in [3.8, 4) is 0 Å². The van der Waals surface area contributed by atoms with E-state index in [0.717, 1.165) is 0 Å². The molecule has 0 saturated carbocycles. The lowest BCUT2D eigenvalue weighted by molar-refractivity contribution is 0.173. The summed E-state index contributed by atoms with van der Waals surface area (Å²) >= 11 is 0. The van der Waals surface area contributed by atoms with Gasteiger partial charge >= 0.3 is 0 Å². The summed E-state index contributed by atoms with van der Waals surface area (Å²) in [6, 6.07) is -0.0263. The summed E-state index contributed by atoms with van der Waals surface area (Å²) in [4.78, 5) is 0. The summed E-state index contributed by atoms with van der Waals surface area (Å²) in [5.41, 5.74) is 5.61. The molecule has 0 bridgehead atoms. The van der Waals surface area contributed by atoms with Crippen molar-refractivity contribution in [1.29, 1.82) is 0 Å². The number of rotatable bonds is 6. The highest BCUT2D eigenvalue weighted by molar-refractivity contribution is 4.66. The number of hydrogen-bond acceptors (Lipinski definition) is 4. The molecule has 0 aromatic rings. The Labute approximate surface area is 67.4 Å². The first-order valence-electron chi connectivity index (χ1n) is 3.92. The zero-order chi connectivity index (χ0) is 8.69. The van der Waals surface area contributed by atoms with Gasteiger partial charge in [-0.25, -0.2) is 0 Å². The highest BCUT2D eigenvalue weighted by Gasteiger charge is 2.04. The van der Waals surface area contributed by atoms with Gasteiger partial charge in [-0.15, -0.1) is 0 Å². The van der Waals surface area contributed by atoms with Gasteiger partial charge in [-0.3, -0.25) is 0 Å². The van der Waals surface area contributed by atoms with Crippen LogP contribution in [0.2, 0.25) is 0 Å². The van der Waals surface area contributed by atoms with Gasteiger partial charge in [-0.05, 0) is 13.3 Å². The number of nitrogens with one attached hydrogen (secondary N) is 1. The third kappa shape index (κ3) is 7.74. The second-order valence-electron chi connectivity index (χ2n) is 2.77. The lowest BCUT2D eigenvalue weighted by atomic mass is 10.1. The predicted molar refractivity (Wildman–Crippen MR) is 44.2 cm³/mol. The molecule has 2 atom stereocenters. The Kier molecular flexibility index (Phi) is 6.45. The van der Waals surface area contributed by atoms with Crippen LogP contribution in [0.15, 0.2) is 0 Å². The summed E-state index contributed by atoms with van der Waals surface area (Å²) in [7, 11) is 0. The topological polar surface area (TPSA) is 78.5 Å². The minimum absolute atomic E-state index is 0.0263. The van der Waals surface area contributed by atoms with Gasteiger partial charge in [0.05, 0.1) is 12.7 Å². The molecule has 0 aliphatic rings. The Balaban J connectivity index is 3.15. The van der Waals surface area contributed by atoms with Crippen LogP contribution in [0, 0.1) is 0 Å². The molecular formula is C7H18N2O2. The van der Waals surface area contributed by atoms with Crippen LogP contribution in [0.5, 0.6) is 0 Å². The molecule has 0 heterocycles. The molecule has 0 fully saturated rings. The molecular weight excluding hydrogens is 144 g/mol. The molecule has 4 heteroatoms. The second-order valence-corrected chi connectivity index (χ2v) is 2.77. The maximum absolute atomic E-state index is 8.92. The van der Waals surface area contributed by atoms with Gasteiger partial charge in [0.2, 0.25) is 0 Å².